The molecule has 0 saturated heterocycles. The highest BCUT2D eigenvalue weighted by Gasteiger charge is 2.22. The molecular formula is C13H10ClIN2O4S. The summed E-state index contributed by atoms with van der Waals surface area (Å²) in [6.45, 7) is 1.46. The van der Waals surface area contributed by atoms with Crippen LogP contribution in [0.2, 0.25) is 5.02 Å². The van der Waals surface area contributed by atoms with E-state index >= 15 is 0 Å². The van der Waals surface area contributed by atoms with Crippen molar-refractivity contribution in [2.45, 2.75) is 12.1 Å². The number of halogens is 2. The third-order valence-electron chi connectivity index (χ3n) is 2.60. The lowest BCUT2D eigenvalue weighted by Gasteiger charge is -2.06. The standard InChI is InChI=1S/C13H10ClIN2O4S/c1-2-22(19,20)13-16-7-10(14)11(17-13)12(18)21-9-5-3-8(15)4-6-9/h3-7H,2H2,1H3. The lowest BCUT2D eigenvalue weighted by molar-refractivity contribution is 0.0727. The van der Waals surface area contributed by atoms with Gasteiger partial charge in [0.25, 0.3) is 0 Å². The van der Waals surface area contributed by atoms with Gasteiger partial charge in [-0.15, -0.1) is 0 Å². The molecule has 0 aliphatic carbocycles. The molecule has 0 bridgehead atoms. The summed E-state index contributed by atoms with van der Waals surface area (Å²) in [5.41, 5.74) is -0.290. The number of carbonyl (C=O) groups is 1. The zero-order valence-electron chi connectivity index (χ0n) is 11.3. The summed E-state index contributed by atoms with van der Waals surface area (Å²) in [6.07, 6.45) is 1.07. The number of rotatable bonds is 4. The highest BCUT2D eigenvalue weighted by Crippen LogP contribution is 2.19. The van der Waals surface area contributed by atoms with Crippen molar-refractivity contribution in [1.29, 1.82) is 0 Å². The van der Waals surface area contributed by atoms with Crippen LogP contribution >= 0.6 is 34.2 Å². The maximum absolute atomic E-state index is 12.1. The first-order chi connectivity index (χ1) is 10.3. The van der Waals surface area contributed by atoms with Crippen molar-refractivity contribution in [3.05, 3.63) is 44.7 Å². The van der Waals surface area contributed by atoms with Gasteiger partial charge in [-0.05, 0) is 46.9 Å². The summed E-state index contributed by atoms with van der Waals surface area (Å²) in [5.74, 6) is -0.721. The molecule has 0 radical (unpaired) electrons. The molecule has 1 aromatic carbocycles. The molecule has 6 nitrogen and oxygen atoms in total. The molecule has 0 aliphatic rings. The van der Waals surface area contributed by atoms with Crippen molar-refractivity contribution < 1.29 is 17.9 Å². The zero-order valence-corrected chi connectivity index (χ0v) is 15.0. The number of carbonyl (C=O) groups excluding carboxylic acids is 1. The molecule has 2 aromatic rings. The predicted octanol–water partition coefficient (Wildman–Crippen LogP) is 2.75. The Bertz CT molecular complexity index is 809. The van der Waals surface area contributed by atoms with Crippen LogP contribution in [0.1, 0.15) is 17.4 Å². The number of aromatic nitrogens is 2. The van der Waals surface area contributed by atoms with Crippen molar-refractivity contribution in [1.82, 2.24) is 9.97 Å². The molecule has 0 aliphatic heterocycles. The molecular weight excluding hydrogens is 443 g/mol. The van der Waals surface area contributed by atoms with E-state index in [-0.39, 0.29) is 16.5 Å². The van der Waals surface area contributed by atoms with Crippen molar-refractivity contribution in [2.75, 3.05) is 5.75 Å². The quantitative estimate of drug-likeness (QED) is 0.307. The number of sulfone groups is 1. The lowest BCUT2D eigenvalue weighted by Crippen LogP contribution is -2.16. The fourth-order valence-corrected chi connectivity index (χ4v) is 2.66. The van der Waals surface area contributed by atoms with Crippen LogP contribution in [0.4, 0.5) is 0 Å². The van der Waals surface area contributed by atoms with Gasteiger partial charge in [0.2, 0.25) is 15.0 Å². The topological polar surface area (TPSA) is 86.2 Å². The van der Waals surface area contributed by atoms with E-state index in [9.17, 15) is 13.2 Å². The van der Waals surface area contributed by atoms with Crippen molar-refractivity contribution >= 4 is 50.0 Å². The fraction of sp³-hybridized carbons (Fsp3) is 0.154. The van der Waals surface area contributed by atoms with E-state index in [0.717, 1.165) is 9.77 Å². The summed E-state index contributed by atoms with van der Waals surface area (Å²) in [5, 5.41) is -0.528. The van der Waals surface area contributed by atoms with Crippen LogP contribution in [0.3, 0.4) is 0 Å². The summed E-state index contributed by atoms with van der Waals surface area (Å²) in [6, 6.07) is 6.74. The Balaban J connectivity index is 2.33. The summed E-state index contributed by atoms with van der Waals surface area (Å²) in [7, 11) is -3.64. The van der Waals surface area contributed by atoms with E-state index in [4.69, 9.17) is 16.3 Å². The van der Waals surface area contributed by atoms with Gasteiger partial charge in [0.1, 0.15) is 5.75 Å². The fourth-order valence-electron chi connectivity index (χ4n) is 1.43. The van der Waals surface area contributed by atoms with Crippen LogP contribution in [0, 0.1) is 3.57 Å². The van der Waals surface area contributed by atoms with Gasteiger partial charge >= 0.3 is 5.97 Å². The van der Waals surface area contributed by atoms with Crippen LogP contribution in [0.5, 0.6) is 5.75 Å². The first-order valence-electron chi connectivity index (χ1n) is 6.06. The van der Waals surface area contributed by atoms with Crippen LogP contribution in [0.25, 0.3) is 0 Å². The summed E-state index contributed by atoms with van der Waals surface area (Å²) < 4.78 is 29.6. The maximum Gasteiger partial charge on any atom is 0.364 e. The van der Waals surface area contributed by atoms with Crippen LogP contribution in [0.15, 0.2) is 35.6 Å². The molecule has 1 heterocycles. The van der Waals surface area contributed by atoms with Gasteiger partial charge in [0.05, 0.1) is 17.0 Å². The van der Waals surface area contributed by atoms with E-state index in [2.05, 4.69) is 32.6 Å². The normalized spacial score (nSPS) is 11.2. The van der Waals surface area contributed by atoms with Gasteiger partial charge < -0.3 is 4.74 Å². The van der Waals surface area contributed by atoms with Gasteiger partial charge in [-0.1, -0.05) is 18.5 Å². The third kappa shape index (κ3) is 3.93. The molecule has 0 N–H and O–H groups in total. The molecule has 22 heavy (non-hydrogen) atoms. The van der Waals surface area contributed by atoms with Gasteiger partial charge in [-0.25, -0.2) is 23.2 Å². The van der Waals surface area contributed by atoms with E-state index in [0.29, 0.717) is 5.75 Å². The highest BCUT2D eigenvalue weighted by molar-refractivity contribution is 14.1. The first kappa shape index (κ1) is 17.1. The minimum atomic E-state index is -3.64. The number of nitrogens with zero attached hydrogens (tertiary/aromatic N) is 2. The Kier molecular flexibility index (Phi) is 5.35. The molecule has 0 amide bonds. The van der Waals surface area contributed by atoms with Gasteiger partial charge in [0, 0.05) is 3.57 Å². The Hall–Kier alpha value is -1.26. The Morgan fingerprint density at radius 2 is 1.95 bits per heavy atom. The SMILES string of the molecule is CCS(=O)(=O)c1ncc(Cl)c(C(=O)Oc2ccc(I)cc2)n1. The lowest BCUT2D eigenvalue weighted by atomic mass is 10.3. The van der Waals surface area contributed by atoms with Crippen LogP contribution in [-0.2, 0) is 9.84 Å². The zero-order chi connectivity index (χ0) is 16.3. The number of hydrogen-bond acceptors (Lipinski definition) is 6. The summed E-state index contributed by atoms with van der Waals surface area (Å²) >= 11 is 7.97. The molecule has 9 heteroatoms. The minimum Gasteiger partial charge on any atom is -0.422 e. The Labute approximate surface area is 145 Å². The van der Waals surface area contributed by atoms with Crippen molar-refractivity contribution in [3.63, 3.8) is 0 Å². The Morgan fingerprint density at radius 3 is 2.55 bits per heavy atom. The van der Waals surface area contributed by atoms with E-state index in [1.54, 1.807) is 24.3 Å². The van der Waals surface area contributed by atoms with Crippen molar-refractivity contribution in [2.24, 2.45) is 0 Å². The monoisotopic (exact) mass is 452 g/mol. The van der Waals surface area contributed by atoms with Gasteiger partial charge in [-0.3, -0.25) is 0 Å². The molecule has 1 aromatic heterocycles. The van der Waals surface area contributed by atoms with E-state index in [1.807, 2.05) is 0 Å². The average molecular weight is 453 g/mol. The van der Waals surface area contributed by atoms with Crippen LogP contribution < -0.4 is 4.74 Å². The molecule has 0 spiro atoms. The minimum absolute atomic E-state index is 0.0782. The molecule has 0 fully saturated rings. The van der Waals surface area contributed by atoms with Crippen LogP contribution in [-0.4, -0.2) is 30.1 Å². The second-order valence-electron chi connectivity index (χ2n) is 4.10. The summed E-state index contributed by atoms with van der Waals surface area (Å²) in [4.78, 5) is 19.5. The molecule has 116 valence electrons. The second-order valence-corrected chi connectivity index (χ2v) is 7.92. The van der Waals surface area contributed by atoms with Gasteiger partial charge in [-0.2, -0.15) is 0 Å². The largest absolute Gasteiger partial charge is 0.422 e. The van der Waals surface area contributed by atoms with E-state index in [1.165, 1.54) is 6.92 Å². The van der Waals surface area contributed by atoms with Gasteiger partial charge in [0.15, 0.2) is 5.69 Å². The third-order valence-corrected chi connectivity index (χ3v) is 5.11. The predicted molar refractivity (Wildman–Crippen MR) is 88.9 cm³/mol. The molecule has 0 atom stereocenters. The number of esters is 1. The van der Waals surface area contributed by atoms with Crippen molar-refractivity contribution in [3.8, 4) is 5.75 Å². The smallest absolute Gasteiger partial charge is 0.364 e. The first-order valence-corrected chi connectivity index (χ1v) is 9.17. The Morgan fingerprint density at radius 1 is 1.32 bits per heavy atom. The molecule has 0 saturated carbocycles. The number of hydrogen-bond donors (Lipinski definition) is 0. The molecule has 2 rings (SSSR count). The highest BCUT2D eigenvalue weighted by atomic mass is 127. The second kappa shape index (κ2) is 6.88. The average Bonchev–Trinajstić information content (AvgIpc) is 2.49. The molecule has 0 unspecified atom stereocenters. The number of ether oxygens (including phenoxy) is 1. The number of benzene rings is 1. The maximum atomic E-state index is 12.1. The van der Waals surface area contributed by atoms with E-state index < -0.39 is 21.0 Å².